The Labute approximate surface area is 107 Å². The Balaban J connectivity index is 2.46. The predicted octanol–water partition coefficient (Wildman–Crippen LogP) is 1.92. The maximum absolute atomic E-state index is 11.4. The summed E-state index contributed by atoms with van der Waals surface area (Å²) >= 11 is 0. The molecular formula is C13H20N2O3. The fourth-order valence-corrected chi connectivity index (χ4v) is 1.38. The van der Waals surface area contributed by atoms with Gasteiger partial charge in [0.05, 0.1) is 0 Å². The van der Waals surface area contributed by atoms with Crippen molar-refractivity contribution in [1.29, 1.82) is 0 Å². The number of nitrogens with two attached hydrogens (primary N) is 1. The fourth-order valence-electron chi connectivity index (χ4n) is 1.38. The number of phenolic OH excluding ortho intramolecular Hbond substituents is 1. The minimum atomic E-state index is -0.529. The van der Waals surface area contributed by atoms with Crippen molar-refractivity contribution >= 4 is 6.09 Å². The molecule has 1 atom stereocenters. The topological polar surface area (TPSA) is 84.6 Å². The molecule has 0 fully saturated rings. The zero-order valence-electron chi connectivity index (χ0n) is 10.9. The minimum Gasteiger partial charge on any atom is -0.508 e. The summed E-state index contributed by atoms with van der Waals surface area (Å²) in [5, 5.41) is 11.9. The first-order chi connectivity index (χ1) is 8.28. The van der Waals surface area contributed by atoms with Crippen molar-refractivity contribution in [1.82, 2.24) is 5.32 Å². The number of benzene rings is 1. The lowest BCUT2D eigenvalue weighted by molar-refractivity contribution is 0.0524. The molecule has 1 unspecified atom stereocenters. The number of hydrogen-bond acceptors (Lipinski definition) is 4. The average molecular weight is 252 g/mol. The van der Waals surface area contributed by atoms with Crippen LogP contribution in [0.2, 0.25) is 0 Å². The summed E-state index contributed by atoms with van der Waals surface area (Å²) in [7, 11) is 0. The van der Waals surface area contributed by atoms with Crippen molar-refractivity contribution in [2.45, 2.75) is 32.4 Å². The van der Waals surface area contributed by atoms with Crippen molar-refractivity contribution in [2.24, 2.45) is 5.73 Å². The number of carbonyl (C=O) groups is 1. The van der Waals surface area contributed by atoms with E-state index < -0.39 is 11.7 Å². The molecule has 5 heteroatoms. The second kappa shape index (κ2) is 5.73. The maximum Gasteiger partial charge on any atom is 0.407 e. The molecule has 0 bridgehead atoms. The summed E-state index contributed by atoms with van der Waals surface area (Å²) in [6.45, 7) is 5.63. The highest BCUT2D eigenvalue weighted by molar-refractivity contribution is 5.67. The number of amides is 1. The quantitative estimate of drug-likeness (QED) is 0.767. The van der Waals surface area contributed by atoms with Gasteiger partial charge in [-0.3, -0.25) is 0 Å². The van der Waals surface area contributed by atoms with Crippen molar-refractivity contribution in [3.05, 3.63) is 29.8 Å². The number of rotatable bonds is 3. The molecule has 0 heterocycles. The lowest BCUT2D eigenvalue weighted by Gasteiger charge is -2.21. The van der Waals surface area contributed by atoms with Gasteiger partial charge in [0, 0.05) is 12.6 Å². The van der Waals surface area contributed by atoms with Gasteiger partial charge in [-0.05, 0) is 38.5 Å². The van der Waals surface area contributed by atoms with E-state index in [0.29, 0.717) is 0 Å². The summed E-state index contributed by atoms with van der Waals surface area (Å²) < 4.78 is 5.09. The van der Waals surface area contributed by atoms with E-state index in [-0.39, 0.29) is 18.3 Å². The van der Waals surface area contributed by atoms with Gasteiger partial charge in [-0.1, -0.05) is 12.1 Å². The Hall–Kier alpha value is -1.75. The van der Waals surface area contributed by atoms with Gasteiger partial charge >= 0.3 is 6.09 Å². The van der Waals surface area contributed by atoms with Crippen molar-refractivity contribution in [3.63, 3.8) is 0 Å². The average Bonchev–Trinajstić information content (AvgIpc) is 2.23. The van der Waals surface area contributed by atoms with Gasteiger partial charge < -0.3 is 20.9 Å². The number of aromatic hydroxyl groups is 1. The first-order valence-corrected chi connectivity index (χ1v) is 5.79. The van der Waals surface area contributed by atoms with E-state index >= 15 is 0 Å². The van der Waals surface area contributed by atoms with E-state index in [1.807, 2.05) is 0 Å². The predicted molar refractivity (Wildman–Crippen MR) is 69.3 cm³/mol. The number of hydrogen-bond donors (Lipinski definition) is 3. The minimum absolute atomic E-state index is 0.153. The van der Waals surface area contributed by atoms with Crippen LogP contribution in [-0.2, 0) is 4.74 Å². The third kappa shape index (κ3) is 5.05. The van der Waals surface area contributed by atoms with Crippen molar-refractivity contribution in [3.8, 4) is 5.75 Å². The molecule has 1 rings (SSSR count). The van der Waals surface area contributed by atoms with Gasteiger partial charge in [-0.2, -0.15) is 0 Å². The lowest BCUT2D eigenvalue weighted by Crippen LogP contribution is -2.36. The molecule has 0 aliphatic heterocycles. The highest BCUT2D eigenvalue weighted by atomic mass is 16.6. The van der Waals surface area contributed by atoms with E-state index in [1.165, 1.54) is 0 Å². The Morgan fingerprint density at radius 3 is 2.72 bits per heavy atom. The van der Waals surface area contributed by atoms with Gasteiger partial charge in [0.2, 0.25) is 0 Å². The summed E-state index contributed by atoms with van der Waals surface area (Å²) in [5.74, 6) is 0.153. The van der Waals surface area contributed by atoms with Crippen molar-refractivity contribution in [2.75, 3.05) is 6.54 Å². The van der Waals surface area contributed by atoms with Gasteiger partial charge in [0.25, 0.3) is 0 Å². The summed E-state index contributed by atoms with van der Waals surface area (Å²) in [6, 6.07) is 6.25. The van der Waals surface area contributed by atoms with Crippen LogP contribution in [-0.4, -0.2) is 23.3 Å². The molecule has 1 aromatic carbocycles. The molecule has 0 aliphatic carbocycles. The van der Waals surface area contributed by atoms with E-state index in [0.717, 1.165) is 5.56 Å². The molecule has 0 aromatic heterocycles. The largest absolute Gasteiger partial charge is 0.508 e. The summed E-state index contributed by atoms with van der Waals surface area (Å²) in [6.07, 6.45) is -0.502. The van der Waals surface area contributed by atoms with Gasteiger partial charge in [-0.15, -0.1) is 0 Å². The maximum atomic E-state index is 11.4. The van der Waals surface area contributed by atoms with E-state index in [2.05, 4.69) is 5.32 Å². The van der Waals surface area contributed by atoms with Crippen LogP contribution in [0.25, 0.3) is 0 Å². The van der Waals surface area contributed by atoms with Crippen LogP contribution in [0.3, 0.4) is 0 Å². The van der Waals surface area contributed by atoms with Crippen LogP contribution in [0, 0.1) is 0 Å². The molecular weight excluding hydrogens is 232 g/mol. The number of carbonyl (C=O) groups excluding carboxylic acids is 1. The van der Waals surface area contributed by atoms with Crippen LogP contribution >= 0.6 is 0 Å². The third-order valence-electron chi connectivity index (χ3n) is 2.16. The Kier molecular flexibility index (Phi) is 4.55. The second-order valence-electron chi connectivity index (χ2n) is 5.08. The molecule has 0 radical (unpaired) electrons. The molecule has 4 N–H and O–H groups in total. The smallest absolute Gasteiger partial charge is 0.407 e. The van der Waals surface area contributed by atoms with Crippen molar-refractivity contribution < 1.29 is 14.6 Å². The Morgan fingerprint density at radius 2 is 2.17 bits per heavy atom. The van der Waals surface area contributed by atoms with Crippen LogP contribution < -0.4 is 11.1 Å². The molecule has 0 aliphatic rings. The van der Waals surface area contributed by atoms with E-state index in [4.69, 9.17) is 10.5 Å². The molecule has 5 nitrogen and oxygen atoms in total. The molecule has 100 valence electrons. The number of ether oxygens (including phenoxy) is 1. The van der Waals surface area contributed by atoms with Crippen LogP contribution in [0.4, 0.5) is 4.79 Å². The van der Waals surface area contributed by atoms with E-state index in [9.17, 15) is 9.90 Å². The molecule has 0 saturated carbocycles. The normalized spacial score (nSPS) is 12.9. The monoisotopic (exact) mass is 252 g/mol. The molecule has 1 aromatic rings. The van der Waals surface area contributed by atoms with Crippen LogP contribution in [0.15, 0.2) is 24.3 Å². The SMILES string of the molecule is CC(C)(C)OC(=O)NCC(N)c1cccc(O)c1. The van der Waals surface area contributed by atoms with Crippen LogP contribution in [0.5, 0.6) is 5.75 Å². The highest BCUT2D eigenvalue weighted by Gasteiger charge is 2.16. The fraction of sp³-hybridized carbons (Fsp3) is 0.462. The molecule has 1 amide bonds. The van der Waals surface area contributed by atoms with Gasteiger partial charge in [0.15, 0.2) is 0 Å². The molecule has 0 spiro atoms. The first-order valence-electron chi connectivity index (χ1n) is 5.79. The third-order valence-corrected chi connectivity index (χ3v) is 2.16. The lowest BCUT2D eigenvalue weighted by atomic mass is 10.1. The zero-order valence-corrected chi connectivity index (χ0v) is 10.9. The zero-order chi connectivity index (χ0) is 13.8. The van der Waals surface area contributed by atoms with E-state index in [1.54, 1.807) is 45.0 Å². The van der Waals surface area contributed by atoms with Crippen LogP contribution in [0.1, 0.15) is 32.4 Å². The number of alkyl carbamates (subject to hydrolysis) is 1. The first kappa shape index (κ1) is 14.3. The second-order valence-corrected chi connectivity index (χ2v) is 5.08. The summed E-state index contributed by atoms with van der Waals surface area (Å²) in [4.78, 5) is 11.4. The highest BCUT2D eigenvalue weighted by Crippen LogP contribution is 2.16. The number of phenols is 1. The van der Waals surface area contributed by atoms with Gasteiger partial charge in [-0.25, -0.2) is 4.79 Å². The molecule has 18 heavy (non-hydrogen) atoms. The summed E-state index contributed by atoms with van der Waals surface area (Å²) in [5.41, 5.74) is 6.12. The Morgan fingerprint density at radius 1 is 1.50 bits per heavy atom. The molecule has 0 saturated heterocycles. The standard InChI is InChI=1S/C13H20N2O3/c1-13(2,3)18-12(17)15-8-11(14)9-5-4-6-10(16)7-9/h4-7,11,16H,8,14H2,1-3H3,(H,15,17). The van der Waals surface area contributed by atoms with Gasteiger partial charge in [0.1, 0.15) is 11.4 Å². The number of nitrogens with one attached hydrogen (secondary N) is 1. The Bertz CT molecular complexity index is 413.